The minimum atomic E-state index is -0.0246. The molecule has 1 aromatic carbocycles. The topological polar surface area (TPSA) is 58.4 Å². The smallest absolute Gasteiger partial charge is 0.321 e. The van der Waals surface area contributed by atoms with Gasteiger partial charge in [-0.25, -0.2) is 9.78 Å². The van der Waals surface area contributed by atoms with Crippen LogP contribution in [0.3, 0.4) is 0 Å². The number of nitrogens with one attached hydrogen (secondary N) is 1. The van der Waals surface area contributed by atoms with Crippen LogP contribution in [0.5, 0.6) is 0 Å². The molecule has 116 valence electrons. The summed E-state index contributed by atoms with van der Waals surface area (Å²) in [5.74, 6) is 1.81. The van der Waals surface area contributed by atoms with Gasteiger partial charge in [0.1, 0.15) is 5.76 Å². The van der Waals surface area contributed by atoms with Gasteiger partial charge in [0.2, 0.25) is 5.89 Å². The van der Waals surface area contributed by atoms with Crippen LogP contribution in [-0.2, 0) is 0 Å². The summed E-state index contributed by atoms with van der Waals surface area (Å²) in [6.07, 6.45) is 3.95. The number of likely N-dealkylation sites (tertiary alicyclic amines) is 1. The normalized spacial score (nSPS) is 14.6. The maximum Gasteiger partial charge on any atom is 0.321 e. The Morgan fingerprint density at radius 2 is 1.91 bits per heavy atom. The molecule has 0 unspecified atom stereocenters. The fraction of sp³-hybridized carbons (Fsp3) is 0.412. The minimum Gasteiger partial charge on any atom is -0.441 e. The van der Waals surface area contributed by atoms with Gasteiger partial charge in [-0.3, -0.25) is 0 Å². The van der Waals surface area contributed by atoms with E-state index in [2.05, 4.69) is 24.1 Å². The van der Waals surface area contributed by atoms with Gasteiger partial charge in [-0.15, -0.1) is 0 Å². The number of hydrogen-bond donors (Lipinski definition) is 1. The van der Waals surface area contributed by atoms with Crippen molar-refractivity contribution in [3.05, 3.63) is 36.2 Å². The fourth-order valence-electron chi connectivity index (χ4n) is 2.51. The third kappa shape index (κ3) is 3.13. The first-order chi connectivity index (χ1) is 10.6. The zero-order valence-electron chi connectivity index (χ0n) is 13.0. The maximum absolute atomic E-state index is 12.0. The van der Waals surface area contributed by atoms with Crippen LogP contribution in [-0.4, -0.2) is 29.0 Å². The molecule has 0 atom stereocenters. The highest BCUT2D eigenvalue weighted by Crippen LogP contribution is 2.24. The van der Waals surface area contributed by atoms with Crippen molar-refractivity contribution >= 4 is 11.7 Å². The van der Waals surface area contributed by atoms with E-state index in [9.17, 15) is 4.79 Å². The standard InChI is InChI=1S/C17H21N3O2/c1-12(2)15-11-18-16(22-15)13-5-7-14(8-6-13)19-17(21)20-9-3-4-10-20/h5-8,11-12H,3-4,9-10H2,1-2H3,(H,19,21). The van der Waals surface area contributed by atoms with Gasteiger partial charge in [-0.2, -0.15) is 0 Å². The van der Waals surface area contributed by atoms with Crippen LogP contribution in [0.15, 0.2) is 34.9 Å². The van der Waals surface area contributed by atoms with E-state index in [-0.39, 0.29) is 6.03 Å². The Morgan fingerprint density at radius 1 is 1.23 bits per heavy atom. The molecule has 0 saturated carbocycles. The fourth-order valence-corrected chi connectivity index (χ4v) is 2.51. The van der Waals surface area contributed by atoms with Crippen LogP contribution in [0.2, 0.25) is 0 Å². The van der Waals surface area contributed by atoms with Crippen molar-refractivity contribution in [2.75, 3.05) is 18.4 Å². The molecule has 5 nitrogen and oxygen atoms in total. The van der Waals surface area contributed by atoms with Crippen molar-refractivity contribution < 1.29 is 9.21 Å². The lowest BCUT2D eigenvalue weighted by atomic mass is 10.2. The summed E-state index contributed by atoms with van der Waals surface area (Å²) in [6, 6.07) is 7.55. The van der Waals surface area contributed by atoms with Crippen LogP contribution in [0.1, 0.15) is 38.4 Å². The molecule has 5 heteroatoms. The van der Waals surface area contributed by atoms with E-state index in [0.717, 1.165) is 42.9 Å². The summed E-state index contributed by atoms with van der Waals surface area (Å²) < 4.78 is 5.73. The Labute approximate surface area is 130 Å². The number of amides is 2. The van der Waals surface area contributed by atoms with Gasteiger partial charge >= 0.3 is 6.03 Å². The molecule has 1 aliphatic heterocycles. The second-order valence-electron chi connectivity index (χ2n) is 5.92. The average molecular weight is 299 g/mol. The molecule has 1 fully saturated rings. The lowest BCUT2D eigenvalue weighted by Gasteiger charge is -2.16. The number of hydrogen-bond acceptors (Lipinski definition) is 3. The Kier molecular flexibility index (Phi) is 4.13. The maximum atomic E-state index is 12.0. The van der Waals surface area contributed by atoms with Gasteiger partial charge in [-0.05, 0) is 37.1 Å². The monoisotopic (exact) mass is 299 g/mol. The molecule has 1 aliphatic rings. The van der Waals surface area contributed by atoms with Crippen LogP contribution in [0, 0.1) is 0 Å². The molecule has 3 rings (SSSR count). The molecule has 0 radical (unpaired) electrons. The second kappa shape index (κ2) is 6.22. The van der Waals surface area contributed by atoms with E-state index < -0.39 is 0 Å². The van der Waals surface area contributed by atoms with Crippen molar-refractivity contribution in [3.8, 4) is 11.5 Å². The summed E-state index contributed by atoms with van der Waals surface area (Å²) in [7, 11) is 0. The molecule has 0 spiro atoms. The molecule has 2 heterocycles. The minimum absolute atomic E-state index is 0.0246. The van der Waals surface area contributed by atoms with Gasteiger partial charge < -0.3 is 14.6 Å². The summed E-state index contributed by atoms with van der Waals surface area (Å²) in [5, 5.41) is 2.92. The molecule has 1 saturated heterocycles. The number of carbonyl (C=O) groups is 1. The largest absolute Gasteiger partial charge is 0.441 e. The van der Waals surface area contributed by atoms with E-state index in [4.69, 9.17) is 4.42 Å². The number of oxazole rings is 1. The van der Waals surface area contributed by atoms with Gasteiger partial charge in [0, 0.05) is 30.3 Å². The first-order valence-corrected chi connectivity index (χ1v) is 7.75. The highest BCUT2D eigenvalue weighted by atomic mass is 16.4. The number of carbonyl (C=O) groups excluding carboxylic acids is 1. The Morgan fingerprint density at radius 3 is 2.50 bits per heavy atom. The number of anilines is 1. The van der Waals surface area contributed by atoms with Crippen molar-refractivity contribution in [2.45, 2.75) is 32.6 Å². The SMILES string of the molecule is CC(C)c1cnc(-c2ccc(NC(=O)N3CCCC3)cc2)o1. The van der Waals surface area contributed by atoms with Crippen molar-refractivity contribution in [1.29, 1.82) is 0 Å². The second-order valence-corrected chi connectivity index (χ2v) is 5.92. The number of benzene rings is 1. The van der Waals surface area contributed by atoms with Crippen molar-refractivity contribution in [2.24, 2.45) is 0 Å². The molecule has 0 bridgehead atoms. The molecular formula is C17H21N3O2. The van der Waals surface area contributed by atoms with E-state index >= 15 is 0 Å². The van der Waals surface area contributed by atoms with E-state index in [0.29, 0.717) is 11.8 Å². The van der Waals surface area contributed by atoms with Crippen LogP contribution in [0.4, 0.5) is 10.5 Å². The number of urea groups is 1. The highest BCUT2D eigenvalue weighted by molar-refractivity contribution is 5.89. The Hall–Kier alpha value is -2.30. The summed E-state index contributed by atoms with van der Waals surface area (Å²) in [5.41, 5.74) is 1.70. The molecule has 0 aliphatic carbocycles. The lowest BCUT2D eigenvalue weighted by molar-refractivity contribution is 0.222. The molecular weight excluding hydrogens is 278 g/mol. The molecule has 2 amide bonds. The van der Waals surface area contributed by atoms with Crippen LogP contribution in [0.25, 0.3) is 11.5 Å². The Bertz CT molecular complexity index is 640. The van der Waals surface area contributed by atoms with Crippen LogP contribution >= 0.6 is 0 Å². The first kappa shape index (κ1) is 14.6. The van der Waals surface area contributed by atoms with Gasteiger partial charge in [0.05, 0.1) is 6.20 Å². The van der Waals surface area contributed by atoms with Crippen molar-refractivity contribution in [3.63, 3.8) is 0 Å². The summed E-state index contributed by atoms with van der Waals surface area (Å²) in [6.45, 7) is 5.83. The number of rotatable bonds is 3. The molecule has 1 N–H and O–H groups in total. The molecule has 1 aromatic heterocycles. The first-order valence-electron chi connectivity index (χ1n) is 7.75. The lowest BCUT2D eigenvalue weighted by Crippen LogP contribution is -2.32. The summed E-state index contributed by atoms with van der Waals surface area (Å²) >= 11 is 0. The predicted octanol–water partition coefficient (Wildman–Crippen LogP) is 4.09. The quantitative estimate of drug-likeness (QED) is 0.928. The van der Waals surface area contributed by atoms with Gasteiger partial charge in [0.25, 0.3) is 0 Å². The molecule has 2 aromatic rings. The predicted molar refractivity (Wildman–Crippen MR) is 85.9 cm³/mol. The third-order valence-corrected chi connectivity index (χ3v) is 3.87. The van der Waals surface area contributed by atoms with Gasteiger partial charge in [-0.1, -0.05) is 13.8 Å². The zero-order valence-corrected chi connectivity index (χ0v) is 13.0. The van der Waals surface area contributed by atoms with Gasteiger partial charge in [0.15, 0.2) is 0 Å². The number of aromatic nitrogens is 1. The van der Waals surface area contributed by atoms with Crippen molar-refractivity contribution in [1.82, 2.24) is 9.88 Å². The van der Waals surface area contributed by atoms with E-state index in [1.54, 1.807) is 6.20 Å². The Balaban J connectivity index is 1.67. The zero-order chi connectivity index (χ0) is 15.5. The number of nitrogens with zero attached hydrogens (tertiary/aromatic N) is 2. The van der Waals surface area contributed by atoms with E-state index in [1.807, 2.05) is 29.2 Å². The summed E-state index contributed by atoms with van der Waals surface area (Å²) in [4.78, 5) is 18.2. The average Bonchev–Trinajstić information content (AvgIpc) is 3.20. The third-order valence-electron chi connectivity index (χ3n) is 3.87. The van der Waals surface area contributed by atoms with E-state index in [1.165, 1.54) is 0 Å². The van der Waals surface area contributed by atoms with Crippen LogP contribution < -0.4 is 5.32 Å². The molecule has 22 heavy (non-hydrogen) atoms. The highest BCUT2D eigenvalue weighted by Gasteiger charge is 2.17.